The van der Waals surface area contributed by atoms with Crippen LogP contribution in [0.15, 0.2) is 225 Å². The first kappa shape index (κ1) is 62.6. The molecule has 19 heteroatoms. The van der Waals surface area contributed by atoms with Gasteiger partial charge in [-0.1, -0.05) is 78.9 Å². The average Bonchev–Trinajstić information content (AvgIpc) is 3.51. The molecule has 0 spiro atoms. The number of ether oxygens (including phenoxy) is 4. The van der Waals surface area contributed by atoms with E-state index in [2.05, 4.69) is 38.1 Å². The quantitative estimate of drug-likeness (QED) is 0.0860. The number of aliphatic hydroxyl groups excluding tert-OH is 2. The van der Waals surface area contributed by atoms with Gasteiger partial charge in [0.25, 0.3) is 0 Å². The summed E-state index contributed by atoms with van der Waals surface area (Å²) in [6, 6.07) is 73.3. The van der Waals surface area contributed by atoms with Crippen LogP contribution in [0.4, 0.5) is 13.2 Å². The first-order chi connectivity index (χ1) is 37.0. The van der Waals surface area contributed by atoms with Crippen LogP contribution in [0, 0.1) is 18.2 Å². The van der Waals surface area contributed by atoms with Crippen LogP contribution in [0.5, 0.6) is 46.0 Å². The zero-order chi connectivity index (χ0) is 54.2. The fraction of sp³-hybridized carbons (Fsp3) is 0.0508. The minimum atomic E-state index is -5.84. The fourth-order valence-corrected chi connectivity index (χ4v) is 6.60. The summed E-state index contributed by atoms with van der Waals surface area (Å²) in [7, 11) is -3.84. The molecule has 2 radical (unpaired) electrons. The van der Waals surface area contributed by atoms with E-state index in [1.165, 1.54) is 0 Å². The number of hydrogen-bond donors (Lipinski definition) is 3. The Bertz CT molecular complexity index is 3160. The van der Waals surface area contributed by atoms with Crippen molar-refractivity contribution in [2.24, 2.45) is 0 Å². The molecule has 404 valence electrons. The topological polar surface area (TPSA) is 183 Å². The number of benzene rings is 6. The van der Waals surface area contributed by atoms with Crippen LogP contribution >= 0.6 is 0 Å². The van der Waals surface area contributed by atoms with Crippen molar-refractivity contribution in [2.75, 3.05) is 14.2 Å². The Kier molecular flexibility index (Phi) is 25.6. The molecule has 10 aromatic rings. The predicted octanol–water partition coefficient (Wildman–Crippen LogP) is 13.8. The molecule has 0 saturated carbocycles. The summed E-state index contributed by atoms with van der Waals surface area (Å²) in [6.07, 6.45) is 7.02. The summed E-state index contributed by atoms with van der Waals surface area (Å²) in [5.74, 6) is 5.52. The third kappa shape index (κ3) is 17.8. The van der Waals surface area contributed by atoms with Crippen molar-refractivity contribution >= 4 is 10.1 Å². The Labute approximate surface area is 476 Å². The van der Waals surface area contributed by atoms with Crippen LogP contribution < -0.4 is 18.9 Å². The molecule has 2 aliphatic rings. The molecule has 0 amide bonds. The van der Waals surface area contributed by atoms with Crippen molar-refractivity contribution < 1.29 is 95.5 Å². The number of fused-ring (bicyclic) bond motifs is 4. The maximum absolute atomic E-state index is 10.7. The molecule has 4 aromatic heterocycles. The second kappa shape index (κ2) is 31.9. The van der Waals surface area contributed by atoms with Crippen LogP contribution in [0.2, 0.25) is 0 Å². The van der Waals surface area contributed by atoms with Gasteiger partial charge in [0.15, 0.2) is 46.0 Å². The smallest absolute Gasteiger partial charge is 0.457 e. The zero-order valence-corrected chi connectivity index (χ0v) is 46.8. The van der Waals surface area contributed by atoms with Crippen LogP contribution in [-0.2, 0) is 50.3 Å². The molecule has 0 atom stereocenters. The third-order valence-electron chi connectivity index (χ3n) is 9.90. The minimum Gasteiger partial charge on any atom is -0.457 e. The van der Waals surface area contributed by atoms with Crippen molar-refractivity contribution in [3.8, 4) is 91.0 Å². The molecule has 0 aliphatic carbocycles. The predicted molar refractivity (Wildman–Crippen MR) is 282 cm³/mol. The van der Waals surface area contributed by atoms with Gasteiger partial charge in [0, 0.05) is 103 Å². The number of aliphatic hydroxyl groups is 2. The number of halogens is 3. The summed E-state index contributed by atoms with van der Waals surface area (Å²) in [4.78, 5) is 17.3. The molecule has 3 N–H and O–H groups in total. The molecule has 0 unspecified atom stereocenters. The van der Waals surface area contributed by atoms with Crippen LogP contribution in [0.3, 0.4) is 0 Å². The van der Waals surface area contributed by atoms with Crippen molar-refractivity contribution in [1.29, 1.82) is 0 Å². The molecule has 13 nitrogen and oxygen atoms in total. The summed E-state index contributed by atoms with van der Waals surface area (Å²) in [5.41, 5.74) is 1.90. The Hall–Kier alpha value is -7.96. The maximum atomic E-state index is 10.7. The SMILES string of the molecule is CO.CO.O=S(=O)(O)C(F)(F)F.[Ir].[Ir].[c-]1ccccc1-c1ccccn1.[c-]1ccccc1-c1ccccn1.[c-]1ccccc1-c1nccc2c1Oc1ccccc1O2.c1ccc(-c2nccc3c2Oc2ccccc2O3)cc1. The Balaban J connectivity index is 0.000000213. The van der Waals surface area contributed by atoms with Crippen LogP contribution in [-0.4, -0.2) is 62.8 Å². The van der Waals surface area contributed by atoms with Crippen molar-refractivity contribution in [3.05, 3.63) is 243 Å². The molecule has 78 heavy (non-hydrogen) atoms. The molecular formula is C59H46F3Ir2N4O9S-3. The number of aromatic nitrogens is 4. The van der Waals surface area contributed by atoms with E-state index in [-0.39, 0.29) is 40.2 Å². The number of nitrogens with zero attached hydrogens (tertiary/aromatic N) is 4. The monoisotopic (exact) mass is 1430 g/mol. The van der Waals surface area contributed by atoms with E-state index < -0.39 is 15.6 Å². The molecule has 0 fully saturated rings. The van der Waals surface area contributed by atoms with Crippen LogP contribution in [0.25, 0.3) is 45.0 Å². The average molecular weight is 1430 g/mol. The first-order valence-electron chi connectivity index (χ1n) is 22.6. The van der Waals surface area contributed by atoms with Gasteiger partial charge < -0.3 is 44.1 Å². The van der Waals surface area contributed by atoms with Gasteiger partial charge >= 0.3 is 15.6 Å². The normalized spacial score (nSPS) is 10.6. The molecular weight excluding hydrogens is 1380 g/mol. The van der Waals surface area contributed by atoms with Crippen molar-refractivity contribution in [3.63, 3.8) is 0 Å². The van der Waals surface area contributed by atoms with E-state index >= 15 is 0 Å². The van der Waals surface area contributed by atoms with Gasteiger partial charge in [-0.2, -0.15) is 21.6 Å². The molecule has 6 heterocycles. The number of rotatable bonds is 4. The van der Waals surface area contributed by atoms with Gasteiger partial charge in [0.05, 0.1) is 0 Å². The fourth-order valence-electron chi connectivity index (χ4n) is 6.60. The summed E-state index contributed by atoms with van der Waals surface area (Å²) in [6.45, 7) is 0. The second-order valence-electron chi connectivity index (χ2n) is 14.8. The molecule has 12 rings (SSSR count). The summed E-state index contributed by atoms with van der Waals surface area (Å²) in [5, 5.41) is 14.0. The number of pyridine rings is 4. The zero-order valence-electron chi connectivity index (χ0n) is 41.2. The molecule has 6 aromatic carbocycles. The molecule has 2 aliphatic heterocycles. The van der Waals surface area contributed by atoms with E-state index in [9.17, 15) is 13.2 Å². The Morgan fingerprint density at radius 2 is 0.744 bits per heavy atom. The van der Waals surface area contributed by atoms with E-state index in [1.807, 2.05) is 194 Å². The van der Waals surface area contributed by atoms with E-state index in [0.29, 0.717) is 40.2 Å². The van der Waals surface area contributed by atoms with Gasteiger partial charge in [-0.15, -0.1) is 108 Å². The summed E-state index contributed by atoms with van der Waals surface area (Å²) < 4.78 is 81.2. The van der Waals surface area contributed by atoms with Crippen molar-refractivity contribution in [1.82, 2.24) is 19.9 Å². The van der Waals surface area contributed by atoms with Gasteiger partial charge in [0.2, 0.25) is 0 Å². The first-order valence-corrected chi connectivity index (χ1v) is 24.1. The van der Waals surface area contributed by atoms with E-state index in [1.54, 1.807) is 30.9 Å². The van der Waals surface area contributed by atoms with Gasteiger partial charge in [0.1, 0.15) is 5.69 Å². The molecule has 0 saturated heterocycles. The maximum Gasteiger partial charge on any atom is 0.522 e. The van der Waals surface area contributed by atoms with E-state index in [0.717, 1.165) is 65.0 Å². The Morgan fingerprint density at radius 1 is 0.397 bits per heavy atom. The van der Waals surface area contributed by atoms with Gasteiger partial charge in [-0.3, -0.25) is 9.54 Å². The van der Waals surface area contributed by atoms with E-state index in [4.69, 9.17) is 42.1 Å². The molecule has 0 bridgehead atoms. The summed E-state index contributed by atoms with van der Waals surface area (Å²) >= 11 is 0. The van der Waals surface area contributed by atoms with Crippen molar-refractivity contribution in [2.45, 2.75) is 5.51 Å². The third-order valence-corrected chi connectivity index (χ3v) is 10.5. The number of hydrogen-bond acceptors (Lipinski definition) is 12. The van der Waals surface area contributed by atoms with Gasteiger partial charge in [-0.05, 0) is 47.8 Å². The number of alkyl halides is 3. The minimum absolute atomic E-state index is 0. The van der Waals surface area contributed by atoms with Gasteiger partial charge in [-0.25, -0.2) is 0 Å². The largest absolute Gasteiger partial charge is 0.522 e. The Morgan fingerprint density at radius 3 is 1.12 bits per heavy atom. The second-order valence-corrected chi connectivity index (χ2v) is 16.2. The standard InChI is InChI=1S/C17H11NO2.C17H10NO2.2C11H8N.CHF3O3S.2CH4O.2Ir/c2*1-2-6-12(7-3-1)16-17-15(10-11-18-16)19-13-8-4-5-9-14(13)20-17;2*1-2-6-10(7-3-1)11-8-4-5-9-12-11;2-1(3,4)8(5,6)7;2*1-2;;/h1-11H;1-6,8-11H;2*1-6,8-9H;(H,5,6,7);2*2H,1H3;;/q;3*-1;;;;;. The van der Waals surface area contributed by atoms with Crippen LogP contribution in [0.1, 0.15) is 0 Å². The number of para-hydroxylation sites is 4.